The van der Waals surface area contributed by atoms with Crippen molar-refractivity contribution < 1.29 is 8.42 Å². The van der Waals surface area contributed by atoms with E-state index in [-0.39, 0.29) is 0 Å². The zero-order valence-electron chi connectivity index (χ0n) is 13.4. The Hall–Kier alpha value is -0.910. The lowest BCUT2D eigenvalue weighted by molar-refractivity contribution is 0.575. The van der Waals surface area contributed by atoms with Crippen molar-refractivity contribution in [3.63, 3.8) is 0 Å². The first-order chi connectivity index (χ1) is 10.0. The number of unbranched alkanes of at least 4 members (excludes halogenated alkanes) is 2. The summed E-state index contributed by atoms with van der Waals surface area (Å²) < 4.78 is 27.2. The van der Waals surface area contributed by atoms with Gasteiger partial charge in [0.2, 0.25) is 10.0 Å². The molecule has 2 N–H and O–H groups in total. The van der Waals surface area contributed by atoms with Crippen molar-refractivity contribution in [2.45, 2.75) is 57.9 Å². The second-order valence-corrected chi connectivity index (χ2v) is 7.14. The largest absolute Gasteiger partial charge is 0.313 e. The van der Waals surface area contributed by atoms with Gasteiger partial charge in [0, 0.05) is 13.1 Å². The van der Waals surface area contributed by atoms with Gasteiger partial charge in [0.25, 0.3) is 0 Å². The van der Waals surface area contributed by atoms with Crippen LogP contribution in [0.5, 0.6) is 0 Å². The molecule has 0 aliphatic carbocycles. The van der Waals surface area contributed by atoms with E-state index in [1.54, 1.807) is 12.1 Å². The van der Waals surface area contributed by atoms with Crippen molar-refractivity contribution >= 4 is 10.0 Å². The normalized spacial score (nSPS) is 11.8. The first-order valence-corrected chi connectivity index (χ1v) is 9.29. The summed E-state index contributed by atoms with van der Waals surface area (Å²) in [5.74, 6) is 0. The quantitative estimate of drug-likeness (QED) is 0.653. The summed E-state index contributed by atoms with van der Waals surface area (Å²) in [4.78, 5) is 0.359. The molecule has 4 nitrogen and oxygen atoms in total. The van der Waals surface area contributed by atoms with Crippen LogP contribution in [0.1, 0.15) is 50.7 Å². The van der Waals surface area contributed by atoms with Crippen LogP contribution in [0.2, 0.25) is 0 Å². The minimum atomic E-state index is -3.39. The van der Waals surface area contributed by atoms with E-state index in [1.807, 2.05) is 13.0 Å². The van der Waals surface area contributed by atoms with Crippen molar-refractivity contribution in [2.24, 2.45) is 0 Å². The molecule has 0 saturated heterocycles. The van der Waals surface area contributed by atoms with Crippen molar-refractivity contribution in [2.75, 3.05) is 13.1 Å². The van der Waals surface area contributed by atoms with Crippen LogP contribution >= 0.6 is 0 Å². The number of hydrogen-bond acceptors (Lipinski definition) is 3. The zero-order valence-corrected chi connectivity index (χ0v) is 14.2. The third-order valence-electron chi connectivity index (χ3n) is 3.45. The summed E-state index contributed by atoms with van der Waals surface area (Å²) in [5, 5.41) is 3.32. The van der Waals surface area contributed by atoms with Gasteiger partial charge in [-0.2, -0.15) is 0 Å². The molecule has 0 aromatic heterocycles. The van der Waals surface area contributed by atoms with Crippen LogP contribution in [0.3, 0.4) is 0 Å². The molecule has 5 heteroatoms. The van der Waals surface area contributed by atoms with E-state index in [2.05, 4.69) is 23.9 Å². The monoisotopic (exact) mass is 312 g/mol. The Labute approximate surface area is 129 Å². The fourth-order valence-electron chi connectivity index (χ4n) is 2.07. The highest BCUT2D eigenvalue weighted by molar-refractivity contribution is 7.89. The number of hydrogen-bond donors (Lipinski definition) is 2. The zero-order chi connectivity index (χ0) is 15.7. The average Bonchev–Trinajstić information content (AvgIpc) is 2.45. The second-order valence-electron chi connectivity index (χ2n) is 5.37. The van der Waals surface area contributed by atoms with Gasteiger partial charge in [-0.05, 0) is 49.6 Å². The Balaban J connectivity index is 2.75. The van der Waals surface area contributed by atoms with Gasteiger partial charge in [-0.3, -0.25) is 0 Å². The molecule has 0 saturated carbocycles. The van der Waals surface area contributed by atoms with Crippen LogP contribution in [0, 0.1) is 6.92 Å². The molecule has 0 radical (unpaired) electrons. The predicted molar refractivity (Wildman–Crippen MR) is 87.9 cm³/mol. The number of rotatable bonds is 10. The average molecular weight is 312 g/mol. The molecule has 0 spiro atoms. The van der Waals surface area contributed by atoms with Gasteiger partial charge in [0.05, 0.1) is 4.90 Å². The van der Waals surface area contributed by atoms with Crippen LogP contribution in [-0.2, 0) is 16.6 Å². The number of nitrogens with one attached hydrogen (secondary N) is 2. The fraction of sp³-hybridized carbons (Fsp3) is 0.625. The Bertz CT molecular complexity index is 527. The molecular formula is C16H28N2O2S. The van der Waals surface area contributed by atoms with Gasteiger partial charge in [-0.1, -0.05) is 32.8 Å². The highest BCUT2D eigenvalue weighted by Crippen LogP contribution is 2.15. The van der Waals surface area contributed by atoms with Crippen molar-refractivity contribution in [1.82, 2.24) is 10.0 Å². The molecule has 120 valence electrons. The van der Waals surface area contributed by atoms with E-state index < -0.39 is 10.0 Å². The summed E-state index contributed by atoms with van der Waals surface area (Å²) in [6.45, 7) is 8.37. The van der Waals surface area contributed by atoms with Gasteiger partial charge >= 0.3 is 0 Å². The molecule has 0 aliphatic heterocycles. The van der Waals surface area contributed by atoms with Gasteiger partial charge in [0.15, 0.2) is 0 Å². The summed E-state index contributed by atoms with van der Waals surface area (Å²) in [5.41, 5.74) is 2.16. The maximum atomic E-state index is 12.3. The van der Waals surface area contributed by atoms with Crippen molar-refractivity contribution in [3.05, 3.63) is 29.3 Å². The Morgan fingerprint density at radius 2 is 1.81 bits per heavy atom. The van der Waals surface area contributed by atoms with Gasteiger partial charge in [-0.15, -0.1) is 0 Å². The highest BCUT2D eigenvalue weighted by atomic mass is 32.2. The van der Waals surface area contributed by atoms with Gasteiger partial charge in [-0.25, -0.2) is 13.1 Å². The Morgan fingerprint density at radius 1 is 1.05 bits per heavy atom. The lowest BCUT2D eigenvalue weighted by Crippen LogP contribution is -2.25. The molecule has 0 fully saturated rings. The van der Waals surface area contributed by atoms with E-state index in [0.717, 1.165) is 43.4 Å². The maximum Gasteiger partial charge on any atom is 0.240 e. The van der Waals surface area contributed by atoms with Gasteiger partial charge < -0.3 is 5.32 Å². The number of aryl methyl sites for hydroxylation is 1. The standard InChI is InChI=1S/C16H28N2O2S/c1-4-6-7-11-18-21(19,20)16-9-8-14(3)15(12-16)13-17-10-5-2/h8-9,12,17-18H,4-7,10-11,13H2,1-3H3. The van der Waals surface area contributed by atoms with E-state index in [1.165, 1.54) is 0 Å². The third kappa shape index (κ3) is 6.16. The highest BCUT2D eigenvalue weighted by Gasteiger charge is 2.14. The van der Waals surface area contributed by atoms with Crippen LogP contribution in [0.25, 0.3) is 0 Å². The molecule has 0 aliphatic rings. The fourth-order valence-corrected chi connectivity index (χ4v) is 3.19. The SMILES string of the molecule is CCCCCNS(=O)(=O)c1ccc(C)c(CNCCC)c1. The molecule has 0 amide bonds. The van der Waals surface area contributed by atoms with Crippen LogP contribution < -0.4 is 10.0 Å². The minimum absolute atomic E-state index is 0.359. The molecule has 0 heterocycles. The predicted octanol–water partition coefficient (Wildman–Crippen LogP) is 2.96. The van der Waals surface area contributed by atoms with Crippen LogP contribution in [0.4, 0.5) is 0 Å². The van der Waals surface area contributed by atoms with Crippen LogP contribution in [0.15, 0.2) is 23.1 Å². The van der Waals surface area contributed by atoms with Gasteiger partial charge in [0.1, 0.15) is 0 Å². The topological polar surface area (TPSA) is 58.2 Å². The first-order valence-electron chi connectivity index (χ1n) is 7.81. The Morgan fingerprint density at radius 3 is 2.48 bits per heavy atom. The maximum absolute atomic E-state index is 12.3. The van der Waals surface area contributed by atoms with E-state index in [4.69, 9.17) is 0 Å². The lowest BCUT2D eigenvalue weighted by atomic mass is 10.1. The second kappa shape index (κ2) is 9.18. The molecule has 1 aromatic carbocycles. The first kappa shape index (κ1) is 18.1. The lowest BCUT2D eigenvalue weighted by Gasteiger charge is -2.11. The number of benzene rings is 1. The molecule has 0 unspecified atom stereocenters. The molecule has 1 aromatic rings. The van der Waals surface area contributed by atoms with E-state index >= 15 is 0 Å². The smallest absolute Gasteiger partial charge is 0.240 e. The molecule has 0 bridgehead atoms. The Kier molecular flexibility index (Phi) is 7.93. The molecule has 1 rings (SSSR count). The van der Waals surface area contributed by atoms with E-state index in [9.17, 15) is 8.42 Å². The van der Waals surface area contributed by atoms with Crippen molar-refractivity contribution in [1.29, 1.82) is 0 Å². The molecule has 0 atom stereocenters. The summed E-state index contributed by atoms with van der Waals surface area (Å²) in [6, 6.07) is 5.34. The third-order valence-corrected chi connectivity index (χ3v) is 4.90. The molecular weight excluding hydrogens is 284 g/mol. The summed E-state index contributed by atoms with van der Waals surface area (Å²) in [6.07, 6.45) is 4.07. The minimum Gasteiger partial charge on any atom is -0.313 e. The van der Waals surface area contributed by atoms with E-state index in [0.29, 0.717) is 18.0 Å². The van der Waals surface area contributed by atoms with Crippen molar-refractivity contribution in [3.8, 4) is 0 Å². The summed E-state index contributed by atoms with van der Waals surface area (Å²) in [7, 11) is -3.39. The number of sulfonamides is 1. The summed E-state index contributed by atoms with van der Waals surface area (Å²) >= 11 is 0. The molecule has 21 heavy (non-hydrogen) atoms. The van der Waals surface area contributed by atoms with Crippen LogP contribution in [-0.4, -0.2) is 21.5 Å².